The van der Waals surface area contributed by atoms with E-state index in [4.69, 9.17) is 11.6 Å². The molecule has 0 aliphatic carbocycles. The van der Waals surface area contributed by atoms with E-state index in [9.17, 15) is 4.79 Å². The summed E-state index contributed by atoms with van der Waals surface area (Å²) in [6, 6.07) is 7.67. The fourth-order valence-electron chi connectivity index (χ4n) is 2.78. The molecule has 2 heterocycles. The largest absolute Gasteiger partial charge is 0.333 e. The number of hydrogen-bond donors (Lipinski definition) is 1. The minimum Gasteiger partial charge on any atom is -0.333 e. The molecule has 116 valence electrons. The lowest BCUT2D eigenvalue weighted by molar-refractivity contribution is 0.0655. The van der Waals surface area contributed by atoms with Crippen LogP contribution in [0.5, 0.6) is 0 Å². The van der Waals surface area contributed by atoms with Crippen molar-refractivity contribution < 1.29 is 4.79 Å². The Kier molecular flexibility index (Phi) is 4.18. The van der Waals surface area contributed by atoms with E-state index in [0.717, 1.165) is 31.0 Å². The summed E-state index contributed by atoms with van der Waals surface area (Å²) < 4.78 is 1.72. The Morgan fingerprint density at radius 1 is 1.41 bits per heavy atom. The number of rotatable bonds is 2. The summed E-state index contributed by atoms with van der Waals surface area (Å²) in [5.74, 6) is 0.0322. The number of hydrogen-bond acceptors (Lipinski definition) is 3. The molecule has 3 rings (SSSR count). The molecule has 1 atom stereocenters. The van der Waals surface area contributed by atoms with E-state index in [2.05, 4.69) is 17.3 Å². The molecule has 1 saturated heterocycles. The van der Waals surface area contributed by atoms with Crippen LogP contribution in [0.25, 0.3) is 5.69 Å². The Morgan fingerprint density at radius 3 is 2.91 bits per heavy atom. The summed E-state index contributed by atoms with van der Waals surface area (Å²) in [7, 11) is 0. The van der Waals surface area contributed by atoms with Crippen molar-refractivity contribution in [2.45, 2.75) is 19.9 Å². The monoisotopic (exact) mass is 318 g/mol. The third-order valence-electron chi connectivity index (χ3n) is 4.08. The molecule has 1 amide bonds. The van der Waals surface area contributed by atoms with Gasteiger partial charge >= 0.3 is 0 Å². The van der Waals surface area contributed by atoms with E-state index in [-0.39, 0.29) is 11.9 Å². The van der Waals surface area contributed by atoms with Gasteiger partial charge in [-0.25, -0.2) is 4.68 Å². The quantitative estimate of drug-likeness (QED) is 0.924. The smallest absolute Gasteiger partial charge is 0.257 e. The Hall–Kier alpha value is -1.85. The lowest BCUT2D eigenvalue weighted by atomic mass is 10.1. The van der Waals surface area contributed by atoms with Gasteiger partial charge in [0.15, 0.2) is 0 Å². The number of halogens is 1. The summed E-state index contributed by atoms with van der Waals surface area (Å²) in [5, 5.41) is 8.26. The van der Waals surface area contributed by atoms with E-state index < -0.39 is 0 Å². The van der Waals surface area contributed by atoms with E-state index >= 15 is 0 Å². The number of carbonyl (C=O) groups excluding carboxylic acids is 1. The molecular weight excluding hydrogens is 300 g/mol. The predicted octanol–water partition coefficient (Wildman–Crippen LogP) is 2.27. The second-order valence-electron chi connectivity index (χ2n) is 5.56. The molecule has 0 saturated carbocycles. The Bertz CT molecular complexity index is 697. The maximum Gasteiger partial charge on any atom is 0.257 e. The van der Waals surface area contributed by atoms with Gasteiger partial charge in [0.25, 0.3) is 5.91 Å². The SMILES string of the molecule is Cc1c(C(=O)N2CCNC[C@H]2C)cnn1-c1ccccc1Cl. The fourth-order valence-corrected chi connectivity index (χ4v) is 3.00. The second-order valence-corrected chi connectivity index (χ2v) is 5.97. The van der Waals surface area contributed by atoms with Gasteiger partial charge in [-0.05, 0) is 26.0 Å². The summed E-state index contributed by atoms with van der Waals surface area (Å²) in [6.07, 6.45) is 1.63. The minimum atomic E-state index is 0.0322. The zero-order valence-electron chi connectivity index (χ0n) is 12.7. The highest BCUT2D eigenvalue weighted by Gasteiger charge is 2.27. The van der Waals surface area contributed by atoms with Crippen LogP contribution in [0.3, 0.4) is 0 Å². The summed E-state index contributed by atoms with van der Waals surface area (Å²) in [4.78, 5) is 14.7. The van der Waals surface area contributed by atoms with Crippen molar-refractivity contribution in [3.8, 4) is 5.69 Å². The molecule has 0 unspecified atom stereocenters. The van der Waals surface area contributed by atoms with E-state index in [1.165, 1.54) is 0 Å². The molecule has 2 aromatic rings. The van der Waals surface area contributed by atoms with Crippen molar-refractivity contribution in [3.05, 3.63) is 46.7 Å². The maximum absolute atomic E-state index is 12.8. The first kappa shape index (κ1) is 15.1. The van der Waals surface area contributed by atoms with Crippen LogP contribution in [0, 0.1) is 6.92 Å². The van der Waals surface area contributed by atoms with Crippen LogP contribution in [0.2, 0.25) is 5.02 Å². The lowest BCUT2D eigenvalue weighted by Gasteiger charge is -2.33. The Labute approximate surface area is 134 Å². The molecule has 1 fully saturated rings. The number of nitrogens with zero attached hydrogens (tertiary/aromatic N) is 3. The number of aromatic nitrogens is 2. The van der Waals surface area contributed by atoms with E-state index in [1.54, 1.807) is 10.9 Å². The summed E-state index contributed by atoms with van der Waals surface area (Å²) in [5.41, 5.74) is 2.23. The average Bonchev–Trinajstić information content (AvgIpc) is 2.89. The van der Waals surface area contributed by atoms with Crippen LogP contribution in [0.15, 0.2) is 30.5 Å². The third kappa shape index (κ3) is 2.62. The average molecular weight is 319 g/mol. The third-order valence-corrected chi connectivity index (χ3v) is 4.40. The summed E-state index contributed by atoms with van der Waals surface area (Å²) >= 11 is 6.23. The van der Waals surface area contributed by atoms with Crippen LogP contribution in [-0.2, 0) is 0 Å². The van der Waals surface area contributed by atoms with Crippen LogP contribution in [-0.4, -0.2) is 46.3 Å². The van der Waals surface area contributed by atoms with Gasteiger partial charge in [0.1, 0.15) is 0 Å². The maximum atomic E-state index is 12.8. The minimum absolute atomic E-state index is 0.0322. The molecule has 1 N–H and O–H groups in total. The normalized spacial score (nSPS) is 18.5. The number of carbonyl (C=O) groups is 1. The highest BCUT2D eigenvalue weighted by atomic mass is 35.5. The number of nitrogens with one attached hydrogen (secondary N) is 1. The zero-order chi connectivity index (χ0) is 15.7. The topological polar surface area (TPSA) is 50.2 Å². The highest BCUT2D eigenvalue weighted by Crippen LogP contribution is 2.23. The first-order chi connectivity index (χ1) is 10.6. The lowest BCUT2D eigenvalue weighted by Crippen LogP contribution is -2.52. The number of piperazine rings is 1. The van der Waals surface area contributed by atoms with Gasteiger partial charge in [0.2, 0.25) is 0 Å². The standard InChI is InChI=1S/C16H19ClN4O/c1-11-9-18-7-8-20(11)16(22)13-10-19-21(12(13)2)15-6-4-3-5-14(15)17/h3-6,10-11,18H,7-9H2,1-2H3/t11-/m1/s1. The van der Waals surface area contributed by atoms with E-state index in [1.807, 2.05) is 36.1 Å². The van der Waals surface area contributed by atoms with Gasteiger partial charge < -0.3 is 10.2 Å². The molecule has 0 radical (unpaired) electrons. The van der Waals surface area contributed by atoms with Crippen LogP contribution < -0.4 is 5.32 Å². The van der Waals surface area contributed by atoms with Gasteiger partial charge in [-0.2, -0.15) is 5.10 Å². The van der Waals surface area contributed by atoms with Crippen molar-refractivity contribution in [2.75, 3.05) is 19.6 Å². The van der Waals surface area contributed by atoms with Gasteiger partial charge in [-0.15, -0.1) is 0 Å². The van der Waals surface area contributed by atoms with Crippen molar-refractivity contribution in [3.63, 3.8) is 0 Å². The van der Waals surface area contributed by atoms with Gasteiger partial charge in [-0.1, -0.05) is 23.7 Å². The van der Waals surface area contributed by atoms with Gasteiger partial charge in [-0.3, -0.25) is 4.79 Å². The van der Waals surface area contributed by atoms with Crippen molar-refractivity contribution in [1.29, 1.82) is 0 Å². The predicted molar refractivity (Wildman–Crippen MR) is 86.7 cm³/mol. The number of amides is 1. The molecule has 0 spiro atoms. The van der Waals surface area contributed by atoms with Crippen molar-refractivity contribution in [2.24, 2.45) is 0 Å². The number of para-hydroxylation sites is 1. The zero-order valence-corrected chi connectivity index (χ0v) is 13.5. The first-order valence-corrected chi connectivity index (χ1v) is 7.78. The second kappa shape index (κ2) is 6.10. The molecular formula is C16H19ClN4O. The van der Waals surface area contributed by atoms with Gasteiger partial charge in [0.05, 0.1) is 28.2 Å². The molecule has 1 aromatic heterocycles. The number of benzene rings is 1. The van der Waals surface area contributed by atoms with Crippen LogP contribution >= 0.6 is 11.6 Å². The molecule has 1 aromatic carbocycles. The Morgan fingerprint density at radius 2 is 2.18 bits per heavy atom. The van der Waals surface area contributed by atoms with Crippen LogP contribution in [0.1, 0.15) is 23.0 Å². The Balaban J connectivity index is 1.94. The molecule has 1 aliphatic heterocycles. The summed E-state index contributed by atoms with van der Waals surface area (Å²) in [6.45, 7) is 6.32. The highest BCUT2D eigenvalue weighted by molar-refractivity contribution is 6.32. The first-order valence-electron chi connectivity index (χ1n) is 7.41. The van der Waals surface area contributed by atoms with Crippen LogP contribution in [0.4, 0.5) is 0 Å². The van der Waals surface area contributed by atoms with Crippen molar-refractivity contribution >= 4 is 17.5 Å². The van der Waals surface area contributed by atoms with Gasteiger partial charge in [0, 0.05) is 25.7 Å². The molecule has 6 heteroatoms. The molecule has 1 aliphatic rings. The fraction of sp³-hybridized carbons (Fsp3) is 0.375. The van der Waals surface area contributed by atoms with E-state index in [0.29, 0.717) is 10.6 Å². The molecule has 0 bridgehead atoms. The molecule has 22 heavy (non-hydrogen) atoms. The molecule has 5 nitrogen and oxygen atoms in total. The van der Waals surface area contributed by atoms with Crippen molar-refractivity contribution in [1.82, 2.24) is 20.0 Å².